The third kappa shape index (κ3) is 10.3. The predicted octanol–water partition coefficient (Wildman–Crippen LogP) is 6.07. The zero-order valence-electron chi connectivity index (χ0n) is 24.1. The molecule has 0 aromatic heterocycles. The molecule has 2 amide bonds. The first-order valence-electron chi connectivity index (χ1n) is 13.7. The maximum absolute atomic E-state index is 13.8. The molecule has 1 atom stereocenters. The molecule has 0 heterocycles. The Labute approximate surface area is 255 Å². The van der Waals surface area contributed by atoms with E-state index in [9.17, 15) is 31.2 Å². The van der Waals surface area contributed by atoms with Crippen LogP contribution >= 0.6 is 11.6 Å². The minimum Gasteiger partial charge on any atom is -0.352 e. The predicted molar refractivity (Wildman–Crippen MR) is 162 cm³/mol. The molecule has 1 N–H and O–H groups in total. The molecule has 0 aliphatic carbocycles. The molecule has 0 spiro atoms. The monoisotopic (exact) mass is 637 g/mol. The molecule has 0 unspecified atom stereocenters. The number of carbonyl (C=O) groups excluding carboxylic acids is 2. The summed E-state index contributed by atoms with van der Waals surface area (Å²) in [6, 6.07) is 19.1. The van der Waals surface area contributed by atoms with Gasteiger partial charge in [0.15, 0.2) is 0 Å². The van der Waals surface area contributed by atoms with Crippen molar-refractivity contribution in [3.63, 3.8) is 0 Å². The van der Waals surface area contributed by atoms with Crippen molar-refractivity contribution >= 4 is 39.1 Å². The van der Waals surface area contributed by atoms with Gasteiger partial charge < -0.3 is 10.2 Å². The van der Waals surface area contributed by atoms with Gasteiger partial charge in [0.25, 0.3) is 0 Å². The quantitative estimate of drug-likeness (QED) is 0.247. The highest BCUT2D eigenvalue weighted by molar-refractivity contribution is 7.92. The highest BCUT2D eigenvalue weighted by Crippen LogP contribution is 2.32. The van der Waals surface area contributed by atoms with Gasteiger partial charge in [-0.15, -0.1) is 0 Å². The first-order valence-corrected chi connectivity index (χ1v) is 15.9. The molecule has 3 aromatic rings. The van der Waals surface area contributed by atoms with Crippen LogP contribution in [0.4, 0.5) is 18.9 Å². The standard InChI is InChI=1S/C31H35ClF3N3O4S/c1-22(2)36-30(40)28(19-23-10-5-4-6-11-23)37(21-24-12-7-14-26(32)18-24)29(39)16-9-17-38(43(3,41)42)27-15-8-13-25(20-27)31(33,34)35/h4-8,10-15,18,20,22,28H,9,16-17,19,21H2,1-3H3,(H,36,40)/t28-/m0/s1. The van der Waals surface area contributed by atoms with Gasteiger partial charge >= 0.3 is 6.18 Å². The molecule has 0 fully saturated rings. The zero-order chi connectivity index (χ0) is 31.8. The van der Waals surface area contributed by atoms with E-state index in [-0.39, 0.29) is 50.0 Å². The molecule has 12 heteroatoms. The van der Waals surface area contributed by atoms with E-state index >= 15 is 0 Å². The van der Waals surface area contributed by atoms with Gasteiger partial charge in [-0.2, -0.15) is 13.2 Å². The van der Waals surface area contributed by atoms with Crippen molar-refractivity contribution in [3.8, 4) is 0 Å². The lowest BCUT2D eigenvalue weighted by Crippen LogP contribution is -2.51. The fraction of sp³-hybridized carbons (Fsp3) is 0.355. The van der Waals surface area contributed by atoms with Gasteiger partial charge in [-0.25, -0.2) is 8.42 Å². The number of carbonyl (C=O) groups is 2. The first-order chi connectivity index (χ1) is 20.1. The fourth-order valence-corrected chi connectivity index (χ4v) is 5.78. The van der Waals surface area contributed by atoms with Crippen molar-refractivity contribution in [1.82, 2.24) is 10.2 Å². The number of hydrogen-bond acceptors (Lipinski definition) is 4. The van der Waals surface area contributed by atoms with E-state index in [1.165, 1.54) is 11.0 Å². The number of alkyl halides is 3. The van der Waals surface area contributed by atoms with Crippen LogP contribution in [0.2, 0.25) is 5.02 Å². The molecule has 43 heavy (non-hydrogen) atoms. The van der Waals surface area contributed by atoms with Gasteiger partial charge in [-0.3, -0.25) is 13.9 Å². The summed E-state index contributed by atoms with van der Waals surface area (Å²) in [7, 11) is -3.97. The van der Waals surface area contributed by atoms with Crippen LogP contribution in [0.5, 0.6) is 0 Å². The number of rotatable bonds is 13. The number of sulfonamides is 1. The first kappa shape index (κ1) is 33.9. The smallest absolute Gasteiger partial charge is 0.352 e. The number of amides is 2. The third-order valence-electron chi connectivity index (χ3n) is 6.56. The number of anilines is 1. The highest BCUT2D eigenvalue weighted by Gasteiger charge is 2.33. The maximum atomic E-state index is 13.8. The Kier molecular flexibility index (Phi) is 11.6. The number of benzene rings is 3. The summed E-state index contributed by atoms with van der Waals surface area (Å²) in [6.45, 7) is 3.45. The Morgan fingerprint density at radius 2 is 1.58 bits per heavy atom. The van der Waals surface area contributed by atoms with E-state index in [1.807, 2.05) is 44.2 Å². The average molecular weight is 638 g/mol. The van der Waals surface area contributed by atoms with Crippen molar-refractivity contribution in [3.05, 3.63) is 101 Å². The molecule has 0 radical (unpaired) electrons. The van der Waals surface area contributed by atoms with Crippen molar-refractivity contribution in [1.29, 1.82) is 0 Å². The minimum atomic E-state index is -4.65. The van der Waals surface area contributed by atoms with Crippen molar-refractivity contribution in [2.24, 2.45) is 0 Å². The molecule has 3 aromatic carbocycles. The van der Waals surface area contributed by atoms with E-state index in [4.69, 9.17) is 11.6 Å². The molecule has 3 rings (SSSR count). The lowest BCUT2D eigenvalue weighted by molar-refractivity contribution is -0.141. The van der Waals surface area contributed by atoms with E-state index in [2.05, 4.69) is 5.32 Å². The van der Waals surface area contributed by atoms with Crippen LogP contribution in [0.1, 0.15) is 43.4 Å². The van der Waals surface area contributed by atoms with E-state index < -0.39 is 33.7 Å². The summed E-state index contributed by atoms with van der Waals surface area (Å²) in [5.41, 5.74) is 0.391. The highest BCUT2D eigenvalue weighted by atomic mass is 35.5. The summed E-state index contributed by atoms with van der Waals surface area (Å²) in [4.78, 5) is 28.7. The summed E-state index contributed by atoms with van der Waals surface area (Å²) in [5.74, 6) is -0.770. The van der Waals surface area contributed by atoms with Crippen LogP contribution in [-0.2, 0) is 38.8 Å². The minimum absolute atomic E-state index is 0.00193. The number of hydrogen-bond donors (Lipinski definition) is 1. The normalized spacial score (nSPS) is 12.6. The third-order valence-corrected chi connectivity index (χ3v) is 7.99. The molecule has 0 saturated heterocycles. The molecular weight excluding hydrogens is 603 g/mol. The second-order valence-electron chi connectivity index (χ2n) is 10.5. The van der Waals surface area contributed by atoms with Crippen LogP contribution in [0.3, 0.4) is 0 Å². The van der Waals surface area contributed by atoms with Crippen molar-refractivity contribution in [2.45, 2.75) is 57.9 Å². The van der Waals surface area contributed by atoms with Gasteiger partial charge in [0, 0.05) is 37.0 Å². The molecule has 0 aliphatic heterocycles. The zero-order valence-corrected chi connectivity index (χ0v) is 25.7. The maximum Gasteiger partial charge on any atom is 0.416 e. The number of nitrogens with one attached hydrogen (secondary N) is 1. The Morgan fingerprint density at radius 3 is 2.19 bits per heavy atom. The largest absolute Gasteiger partial charge is 0.416 e. The number of nitrogens with zero attached hydrogens (tertiary/aromatic N) is 2. The van der Waals surface area contributed by atoms with Crippen LogP contribution < -0.4 is 9.62 Å². The lowest BCUT2D eigenvalue weighted by atomic mass is 10.0. The van der Waals surface area contributed by atoms with Crippen LogP contribution in [0.15, 0.2) is 78.9 Å². The Bertz CT molecular complexity index is 1500. The van der Waals surface area contributed by atoms with Gasteiger partial charge in [-0.1, -0.05) is 60.1 Å². The molecule has 0 aliphatic rings. The van der Waals surface area contributed by atoms with Crippen LogP contribution in [0.25, 0.3) is 0 Å². The SMILES string of the molecule is CC(C)NC(=O)[C@H](Cc1ccccc1)N(Cc1cccc(Cl)c1)C(=O)CCCN(c1cccc(C(F)(F)F)c1)S(C)(=O)=O. The molecule has 0 bridgehead atoms. The van der Waals surface area contributed by atoms with Gasteiger partial charge in [-0.05, 0) is 61.7 Å². The van der Waals surface area contributed by atoms with Gasteiger partial charge in [0.05, 0.1) is 17.5 Å². The lowest BCUT2D eigenvalue weighted by Gasteiger charge is -2.32. The van der Waals surface area contributed by atoms with Gasteiger partial charge in [0.2, 0.25) is 21.8 Å². The summed E-state index contributed by atoms with van der Waals surface area (Å²) in [6.07, 6.45) is -3.69. The van der Waals surface area contributed by atoms with E-state index in [0.29, 0.717) is 10.6 Å². The molecule has 7 nitrogen and oxygen atoms in total. The summed E-state index contributed by atoms with van der Waals surface area (Å²) in [5, 5.41) is 3.35. The van der Waals surface area contributed by atoms with E-state index in [0.717, 1.165) is 34.3 Å². The Morgan fingerprint density at radius 1 is 0.930 bits per heavy atom. The average Bonchev–Trinajstić information content (AvgIpc) is 2.92. The fourth-order valence-electron chi connectivity index (χ4n) is 4.61. The second-order valence-corrected chi connectivity index (χ2v) is 12.9. The van der Waals surface area contributed by atoms with Crippen LogP contribution in [0, 0.1) is 0 Å². The second kappa shape index (κ2) is 14.7. The van der Waals surface area contributed by atoms with Crippen molar-refractivity contribution < 1.29 is 31.2 Å². The van der Waals surface area contributed by atoms with E-state index in [1.54, 1.807) is 24.3 Å². The molecular formula is C31H35ClF3N3O4S. The number of halogens is 4. The summed E-state index contributed by atoms with van der Waals surface area (Å²) < 4.78 is 65.9. The Hall–Kier alpha value is -3.57. The molecule has 232 valence electrons. The Balaban J connectivity index is 1.90. The molecule has 0 saturated carbocycles. The topological polar surface area (TPSA) is 86.8 Å². The van der Waals surface area contributed by atoms with Crippen molar-refractivity contribution in [2.75, 3.05) is 17.1 Å². The van der Waals surface area contributed by atoms with Gasteiger partial charge in [0.1, 0.15) is 6.04 Å². The summed E-state index contributed by atoms with van der Waals surface area (Å²) >= 11 is 6.19. The van der Waals surface area contributed by atoms with Crippen LogP contribution in [-0.4, -0.2) is 50.0 Å².